The molecule has 1 unspecified atom stereocenters. The molecule has 2 aromatic carbocycles. The number of allylic oxidation sites excluding steroid dienone is 1. The molecule has 0 fully saturated rings. The van der Waals surface area contributed by atoms with Gasteiger partial charge < -0.3 is 0 Å². The summed E-state index contributed by atoms with van der Waals surface area (Å²) >= 11 is 0. The Labute approximate surface area is 117 Å². The topological polar surface area (TPSA) is 0 Å². The van der Waals surface area contributed by atoms with Gasteiger partial charge in [0.1, 0.15) is 0 Å². The van der Waals surface area contributed by atoms with Crippen molar-refractivity contribution < 1.29 is 0 Å². The summed E-state index contributed by atoms with van der Waals surface area (Å²) in [5.74, 6) is 0. The van der Waals surface area contributed by atoms with Crippen molar-refractivity contribution in [1.29, 1.82) is 0 Å². The summed E-state index contributed by atoms with van der Waals surface area (Å²) in [6.45, 7) is 11.2. The van der Waals surface area contributed by atoms with Crippen LogP contribution < -0.4 is 5.19 Å². The molecule has 0 N–H and O–H groups in total. The van der Waals surface area contributed by atoms with Crippen LogP contribution in [0, 0.1) is 6.92 Å². The first-order chi connectivity index (χ1) is 9.07. The maximum atomic E-state index is 4.11. The largest absolute Gasteiger partial charge is 0.103 e. The van der Waals surface area contributed by atoms with Gasteiger partial charge in [0.05, 0.1) is 8.07 Å². The van der Waals surface area contributed by atoms with Gasteiger partial charge in [0.25, 0.3) is 0 Å². The second-order valence-corrected chi connectivity index (χ2v) is 10.3. The smallest absolute Gasteiger partial charge is 0.0919 e. The molecular weight excluding hydrogens is 244 g/mol. The van der Waals surface area contributed by atoms with Crippen molar-refractivity contribution >= 4 is 13.3 Å². The van der Waals surface area contributed by atoms with E-state index in [2.05, 4.69) is 87.3 Å². The highest BCUT2D eigenvalue weighted by Gasteiger charge is 2.33. The minimum Gasteiger partial charge on any atom is -0.103 e. The standard InChI is InChI=1S/C18H22Si/c1-5-18(17-14-10-9-11-15(17)2)19(3,4)16-12-7-6-8-13-16/h5-14,18H,1H2,2-4H3. The summed E-state index contributed by atoms with van der Waals surface area (Å²) in [6, 6.07) is 19.6. The third-order valence-corrected chi connectivity index (χ3v) is 7.98. The molecule has 19 heavy (non-hydrogen) atoms. The Morgan fingerprint density at radius 1 is 0.947 bits per heavy atom. The molecule has 0 spiro atoms. The molecule has 0 amide bonds. The molecule has 2 aromatic rings. The summed E-state index contributed by atoms with van der Waals surface area (Å²) in [4.78, 5) is 0. The molecule has 0 saturated heterocycles. The van der Waals surface area contributed by atoms with Crippen LogP contribution in [0.2, 0.25) is 13.1 Å². The van der Waals surface area contributed by atoms with Gasteiger partial charge in [0.15, 0.2) is 0 Å². The van der Waals surface area contributed by atoms with Crippen molar-refractivity contribution in [1.82, 2.24) is 0 Å². The van der Waals surface area contributed by atoms with Gasteiger partial charge in [0, 0.05) is 5.54 Å². The molecule has 1 heteroatoms. The van der Waals surface area contributed by atoms with Crippen molar-refractivity contribution in [2.45, 2.75) is 25.6 Å². The maximum Gasteiger partial charge on any atom is 0.0919 e. The zero-order valence-electron chi connectivity index (χ0n) is 12.1. The summed E-state index contributed by atoms with van der Waals surface area (Å²) in [5, 5.41) is 1.49. The molecule has 0 aliphatic heterocycles. The zero-order chi connectivity index (χ0) is 13.9. The van der Waals surface area contributed by atoms with E-state index in [-0.39, 0.29) is 0 Å². The van der Waals surface area contributed by atoms with E-state index in [1.54, 1.807) is 0 Å². The number of rotatable bonds is 4. The van der Waals surface area contributed by atoms with Gasteiger partial charge in [-0.15, -0.1) is 6.58 Å². The van der Waals surface area contributed by atoms with E-state index in [9.17, 15) is 0 Å². The lowest BCUT2D eigenvalue weighted by molar-refractivity contribution is 1.12. The minimum atomic E-state index is -1.60. The van der Waals surface area contributed by atoms with Gasteiger partial charge in [-0.2, -0.15) is 0 Å². The fraction of sp³-hybridized carbons (Fsp3) is 0.222. The maximum absolute atomic E-state index is 4.11. The molecule has 0 aromatic heterocycles. The van der Waals surface area contributed by atoms with Crippen LogP contribution in [-0.2, 0) is 0 Å². The van der Waals surface area contributed by atoms with Crippen molar-refractivity contribution in [2.75, 3.05) is 0 Å². The Balaban J connectivity index is 2.48. The van der Waals surface area contributed by atoms with Gasteiger partial charge in [-0.3, -0.25) is 0 Å². The van der Waals surface area contributed by atoms with E-state index in [4.69, 9.17) is 0 Å². The van der Waals surface area contributed by atoms with E-state index >= 15 is 0 Å². The third kappa shape index (κ3) is 2.71. The lowest BCUT2D eigenvalue weighted by atomic mass is 10.1. The first-order valence-electron chi connectivity index (χ1n) is 6.81. The van der Waals surface area contributed by atoms with Crippen LogP contribution in [0.4, 0.5) is 0 Å². The fourth-order valence-electron chi connectivity index (χ4n) is 2.79. The molecule has 0 bridgehead atoms. The lowest BCUT2D eigenvalue weighted by Crippen LogP contribution is -2.47. The molecule has 0 nitrogen and oxygen atoms in total. The van der Waals surface area contributed by atoms with Gasteiger partial charge in [-0.05, 0) is 18.1 Å². The van der Waals surface area contributed by atoms with Gasteiger partial charge >= 0.3 is 0 Å². The van der Waals surface area contributed by atoms with Crippen LogP contribution in [-0.4, -0.2) is 8.07 Å². The quantitative estimate of drug-likeness (QED) is 0.567. The molecule has 0 aliphatic carbocycles. The first-order valence-corrected chi connectivity index (χ1v) is 9.88. The number of benzene rings is 2. The van der Waals surface area contributed by atoms with E-state index in [0.717, 1.165) is 0 Å². The van der Waals surface area contributed by atoms with Crippen molar-refractivity contribution in [3.63, 3.8) is 0 Å². The first kappa shape index (κ1) is 13.8. The average molecular weight is 266 g/mol. The Morgan fingerprint density at radius 2 is 1.53 bits per heavy atom. The SMILES string of the molecule is C=CC(c1ccccc1C)[Si](C)(C)c1ccccc1. The molecule has 0 aliphatic rings. The number of hydrogen-bond acceptors (Lipinski definition) is 0. The molecule has 0 saturated carbocycles. The Kier molecular flexibility index (Phi) is 4.06. The van der Waals surface area contributed by atoms with Crippen LogP contribution in [0.25, 0.3) is 0 Å². The lowest BCUT2D eigenvalue weighted by Gasteiger charge is -2.32. The monoisotopic (exact) mass is 266 g/mol. The normalized spacial score (nSPS) is 13.0. The summed E-state index contributed by atoms with van der Waals surface area (Å²) in [6.07, 6.45) is 2.14. The highest BCUT2D eigenvalue weighted by molar-refractivity contribution is 6.91. The molecule has 2 rings (SSSR count). The minimum absolute atomic E-state index is 0.455. The second kappa shape index (κ2) is 5.58. The van der Waals surface area contributed by atoms with Crippen LogP contribution in [0.5, 0.6) is 0 Å². The van der Waals surface area contributed by atoms with Crippen LogP contribution in [0.15, 0.2) is 67.3 Å². The number of aryl methyl sites for hydroxylation is 1. The number of hydrogen-bond donors (Lipinski definition) is 0. The summed E-state index contributed by atoms with van der Waals surface area (Å²) in [7, 11) is -1.60. The summed E-state index contributed by atoms with van der Waals surface area (Å²) < 4.78 is 0. The van der Waals surface area contributed by atoms with Gasteiger partial charge in [-0.25, -0.2) is 0 Å². The Morgan fingerprint density at radius 3 is 2.11 bits per heavy atom. The third-order valence-electron chi connectivity index (χ3n) is 4.05. The van der Waals surface area contributed by atoms with Gasteiger partial charge in [-0.1, -0.05) is 79.0 Å². The zero-order valence-corrected chi connectivity index (χ0v) is 13.1. The predicted molar refractivity (Wildman–Crippen MR) is 87.7 cm³/mol. The predicted octanol–water partition coefficient (Wildman–Crippen LogP) is 4.42. The summed E-state index contributed by atoms with van der Waals surface area (Å²) in [5.41, 5.74) is 3.25. The average Bonchev–Trinajstić information content (AvgIpc) is 2.42. The van der Waals surface area contributed by atoms with Crippen molar-refractivity contribution in [2.24, 2.45) is 0 Å². The van der Waals surface area contributed by atoms with Crippen molar-refractivity contribution in [3.8, 4) is 0 Å². The van der Waals surface area contributed by atoms with Crippen LogP contribution >= 0.6 is 0 Å². The molecule has 1 atom stereocenters. The van der Waals surface area contributed by atoms with E-state index in [1.807, 2.05) is 0 Å². The van der Waals surface area contributed by atoms with E-state index < -0.39 is 8.07 Å². The van der Waals surface area contributed by atoms with E-state index in [0.29, 0.717) is 5.54 Å². The highest BCUT2D eigenvalue weighted by Crippen LogP contribution is 2.30. The van der Waals surface area contributed by atoms with E-state index in [1.165, 1.54) is 16.3 Å². The highest BCUT2D eigenvalue weighted by atomic mass is 28.3. The molecule has 0 heterocycles. The Bertz CT molecular complexity index is 555. The van der Waals surface area contributed by atoms with Crippen molar-refractivity contribution in [3.05, 3.63) is 78.4 Å². The second-order valence-electron chi connectivity index (χ2n) is 5.66. The molecule has 0 radical (unpaired) electrons. The van der Waals surface area contributed by atoms with Gasteiger partial charge in [0.2, 0.25) is 0 Å². The Hall–Kier alpha value is -1.60. The fourth-order valence-corrected chi connectivity index (χ4v) is 5.89. The molecular formula is C18H22Si. The van der Waals surface area contributed by atoms with Crippen LogP contribution in [0.1, 0.15) is 16.7 Å². The molecule has 98 valence electrons. The van der Waals surface area contributed by atoms with Crippen LogP contribution in [0.3, 0.4) is 0 Å².